The van der Waals surface area contributed by atoms with E-state index in [1.54, 1.807) is 0 Å². The van der Waals surface area contributed by atoms with Gasteiger partial charge in [0.15, 0.2) is 0 Å². The molecule has 3 rings (SSSR count). The maximum Gasteiger partial charge on any atom is 0.0726 e. The van der Waals surface area contributed by atoms with Crippen molar-refractivity contribution in [3.63, 3.8) is 0 Å². The molecule has 0 bridgehead atoms. The Hall–Kier alpha value is -1.03. The van der Waals surface area contributed by atoms with E-state index in [9.17, 15) is 0 Å². The largest absolute Gasteiger partial charge is 0.383 e. The molecule has 0 radical (unpaired) electrons. The zero-order valence-electron chi connectivity index (χ0n) is 14.0. The molecule has 24 heavy (non-hydrogen) atoms. The summed E-state index contributed by atoms with van der Waals surface area (Å²) >= 11 is 11.8. The number of alkyl halides is 2. The Morgan fingerprint density at radius 3 is 2.54 bits per heavy atom. The second-order valence-corrected chi connectivity index (χ2v) is 7.04. The summed E-state index contributed by atoms with van der Waals surface area (Å²) < 4.78 is 0. The van der Waals surface area contributed by atoms with E-state index in [0.717, 1.165) is 44.5 Å². The van der Waals surface area contributed by atoms with Gasteiger partial charge in [0.2, 0.25) is 0 Å². The predicted molar refractivity (Wildman–Crippen MR) is 105 cm³/mol. The third-order valence-corrected chi connectivity index (χ3v) is 5.04. The van der Waals surface area contributed by atoms with Crippen LogP contribution < -0.4 is 5.32 Å². The molecule has 1 heterocycles. The Bertz CT molecular complexity index is 669. The average molecular weight is 366 g/mol. The van der Waals surface area contributed by atoms with Crippen molar-refractivity contribution >= 4 is 39.8 Å². The lowest BCUT2D eigenvalue weighted by atomic mass is 9.92. The van der Waals surface area contributed by atoms with Gasteiger partial charge in [-0.15, -0.1) is 23.2 Å². The summed E-state index contributed by atoms with van der Waals surface area (Å²) in [4.78, 5) is 7.20. The quantitative estimate of drug-likeness (QED) is 0.706. The van der Waals surface area contributed by atoms with Crippen LogP contribution in [0.25, 0.3) is 10.9 Å². The SMILES string of the molecule is ClCCN(CCCl)CCNc1c2c(nc3ccccc13)CCCC2. The lowest BCUT2D eigenvalue weighted by molar-refractivity contribution is 0.319. The molecule has 1 aliphatic rings. The number of aromatic nitrogens is 1. The van der Waals surface area contributed by atoms with Crippen LogP contribution in [0, 0.1) is 0 Å². The fourth-order valence-electron chi connectivity index (χ4n) is 3.49. The first kappa shape index (κ1) is 17.8. The third kappa shape index (κ3) is 4.14. The molecule has 5 heteroatoms. The minimum Gasteiger partial charge on any atom is -0.383 e. The maximum atomic E-state index is 5.89. The number of nitrogens with one attached hydrogen (secondary N) is 1. The second kappa shape index (κ2) is 8.89. The van der Waals surface area contributed by atoms with Gasteiger partial charge < -0.3 is 5.32 Å². The minimum atomic E-state index is 0.643. The number of benzene rings is 1. The molecule has 0 fully saturated rings. The summed E-state index contributed by atoms with van der Waals surface area (Å²) in [5.41, 5.74) is 5.08. The summed E-state index contributed by atoms with van der Waals surface area (Å²) in [7, 11) is 0. The van der Waals surface area contributed by atoms with Gasteiger partial charge in [-0.25, -0.2) is 0 Å². The monoisotopic (exact) mass is 365 g/mol. The van der Waals surface area contributed by atoms with E-state index < -0.39 is 0 Å². The fourth-order valence-corrected chi connectivity index (χ4v) is 3.97. The van der Waals surface area contributed by atoms with Crippen molar-refractivity contribution in [1.29, 1.82) is 0 Å². The van der Waals surface area contributed by atoms with E-state index in [1.165, 1.54) is 35.2 Å². The topological polar surface area (TPSA) is 28.2 Å². The molecule has 1 aromatic carbocycles. The van der Waals surface area contributed by atoms with Gasteiger partial charge in [-0.3, -0.25) is 9.88 Å². The smallest absolute Gasteiger partial charge is 0.0726 e. The normalized spacial score (nSPS) is 14.1. The number of halogens is 2. The van der Waals surface area contributed by atoms with E-state index >= 15 is 0 Å². The summed E-state index contributed by atoms with van der Waals surface area (Å²) in [6.07, 6.45) is 4.73. The lowest BCUT2D eigenvalue weighted by Gasteiger charge is -2.24. The molecule has 0 saturated carbocycles. The number of aryl methyl sites for hydroxylation is 1. The predicted octanol–water partition coefficient (Wildman–Crippen LogP) is 4.31. The van der Waals surface area contributed by atoms with Gasteiger partial charge in [0.25, 0.3) is 0 Å². The van der Waals surface area contributed by atoms with Crippen LogP contribution in [0.4, 0.5) is 5.69 Å². The standard InChI is InChI=1S/C19H25Cl2N3/c20-9-12-24(13-10-21)14-11-22-19-15-5-1-3-7-17(15)23-18-8-4-2-6-16(18)19/h1,3,5,7H,2,4,6,8-14H2,(H,22,23). The van der Waals surface area contributed by atoms with Crippen LogP contribution in [0.5, 0.6) is 0 Å². The lowest BCUT2D eigenvalue weighted by Crippen LogP contribution is -2.32. The van der Waals surface area contributed by atoms with Gasteiger partial charge >= 0.3 is 0 Å². The number of anilines is 1. The van der Waals surface area contributed by atoms with Crippen molar-refractivity contribution < 1.29 is 0 Å². The Labute approximate surface area is 154 Å². The van der Waals surface area contributed by atoms with Crippen LogP contribution in [-0.2, 0) is 12.8 Å². The van der Waals surface area contributed by atoms with E-state index in [-0.39, 0.29) is 0 Å². The van der Waals surface area contributed by atoms with Crippen LogP contribution in [0.1, 0.15) is 24.1 Å². The molecule has 2 aromatic rings. The molecule has 3 nitrogen and oxygen atoms in total. The Morgan fingerprint density at radius 1 is 1.00 bits per heavy atom. The van der Waals surface area contributed by atoms with E-state index in [1.807, 2.05) is 0 Å². The average Bonchev–Trinajstić information content (AvgIpc) is 2.61. The number of nitrogens with zero attached hydrogens (tertiary/aromatic N) is 2. The van der Waals surface area contributed by atoms with E-state index in [2.05, 4.69) is 34.5 Å². The van der Waals surface area contributed by atoms with Crippen molar-refractivity contribution in [2.24, 2.45) is 0 Å². The van der Waals surface area contributed by atoms with Crippen molar-refractivity contribution in [1.82, 2.24) is 9.88 Å². The number of para-hydroxylation sites is 1. The van der Waals surface area contributed by atoms with Crippen molar-refractivity contribution in [2.75, 3.05) is 43.3 Å². The Balaban J connectivity index is 1.80. The number of rotatable bonds is 8. The molecule has 1 N–H and O–H groups in total. The molecule has 0 spiro atoms. The van der Waals surface area contributed by atoms with Gasteiger partial charge in [-0.05, 0) is 37.3 Å². The maximum absolute atomic E-state index is 5.89. The molecular weight excluding hydrogens is 341 g/mol. The first-order valence-electron chi connectivity index (χ1n) is 8.82. The van der Waals surface area contributed by atoms with Gasteiger partial charge in [-0.2, -0.15) is 0 Å². The first-order chi connectivity index (χ1) is 11.8. The van der Waals surface area contributed by atoms with Gasteiger partial charge in [0, 0.05) is 54.7 Å². The molecule has 0 aliphatic heterocycles. The van der Waals surface area contributed by atoms with Crippen molar-refractivity contribution in [3.8, 4) is 0 Å². The van der Waals surface area contributed by atoms with Gasteiger partial charge in [-0.1, -0.05) is 18.2 Å². The molecule has 1 aromatic heterocycles. The molecule has 130 valence electrons. The zero-order chi connectivity index (χ0) is 16.8. The minimum absolute atomic E-state index is 0.643. The third-order valence-electron chi connectivity index (χ3n) is 4.70. The molecule has 1 aliphatic carbocycles. The van der Waals surface area contributed by atoms with Crippen molar-refractivity contribution in [2.45, 2.75) is 25.7 Å². The van der Waals surface area contributed by atoms with Crippen LogP contribution >= 0.6 is 23.2 Å². The molecule has 0 unspecified atom stereocenters. The number of hydrogen-bond acceptors (Lipinski definition) is 3. The molecular formula is C19H25Cl2N3. The fraction of sp³-hybridized carbons (Fsp3) is 0.526. The molecule has 0 saturated heterocycles. The highest BCUT2D eigenvalue weighted by Crippen LogP contribution is 2.33. The van der Waals surface area contributed by atoms with Crippen LogP contribution in [0.2, 0.25) is 0 Å². The van der Waals surface area contributed by atoms with Crippen molar-refractivity contribution in [3.05, 3.63) is 35.5 Å². The Morgan fingerprint density at radius 2 is 1.75 bits per heavy atom. The van der Waals surface area contributed by atoms with Gasteiger partial charge in [0.05, 0.1) is 5.52 Å². The number of pyridine rings is 1. The van der Waals surface area contributed by atoms with Crippen LogP contribution in [0.3, 0.4) is 0 Å². The molecule has 0 amide bonds. The molecule has 0 atom stereocenters. The van der Waals surface area contributed by atoms with Crippen LogP contribution in [0.15, 0.2) is 24.3 Å². The number of hydrogen-bond donors (Lipinski definition) is 1. The van der Waals surface area contributed by atoms with E-state index in [4.69, 9.17) is 28.2 Å². The summed E-state index contributed by atoms with van der Waals surface area (Å²) in [6, 6.07) is 8.45. The van der Waals surface area contributed by atoms with Gasteiger partial charge in [0.1, 0.15) is 0 Å². The summed E-state index contributed by atoms with van der Waals surface area (Å²) in [5.74, 6) is 1.29. The Kier molecular flexibility index (Phi) is 6.59. The number of fused-ring (bicyclic) bond motifs is 2. The highest BCUT2D eigenvalue weighted by molar-refractivity contribution is 6.18. The zero-order valence-corrected chi connectivity index (χ0v) is 15.5. The highest BCUT2D eigenvalue weighted by Gasteiger charge is 2.17. The first-order valence-corrected chi connectivity index (χ1v) is 9.89. The summed E-state index contributed by atoms with van der Waals surface area (Å²) in [6.45, 7) is 3.61. The summed E-state index contributed by atoms with van der Waals surface area (Å²) in [5, 5.41) is 4.93. The highest BCUT2D eigenvalue weighted by atomic mass is 35.5. The van der Waals surface area contributed by atoms with Crippen LogP contribution in [-0.4, -0.2) is 47.8 Å². The van der Waals surface area contributed by atoms with E-state index in [0.29, 0.717) is 11.8 Å². The second-order valence-electron chi connectivity index (χ2n) is 6.28.